The molecule has 0 saturated carbocycles. The van der Waals surface area contributed by atoms with Gasteiger partial charge in [0.2, 0.25) is 0 Å². The minimum Gasteiger partial charge on any atom is -0.461 e. The van der Waals surface area contributed by atoms with Crippen molar-refractivity contribution in [2.75, 3.05) is 24.3 Å². The van der Waals surface area contributed by atoms with Crippen LogP contribution >= 0.6 is 0 Å². The Morgan fingerprint density at radius 2 is 2.26 bits per heavy atom. The van der Waals surface area contributed by atoms with Gasteiger partial charge in [0.25, 0.3) is 5.69 Å². The van der Waals surface area contributed by atoms with Crippen molar-refractivity contribution in [3.8, 4) is 0 Å². The van der Waals surface area contributed by atoms with Crippen molar-refractivity contribution in [1.82, 2.24) is 0 Å². The third-order valence-corrected chi connectivity index (χ3v) is 4.06. The molecular weight excluding hydrogens is 298 g/mol. The van der Waals surface area contributed by atoms with Crippen LogP contribution < -0.4 is 10.6 Å². The molecule has 1 aromatic heterocycles. The summed E-state index contributed by atoms with van der Waals surface area (Å²) in [6.45, 7) is 1.14. The molecule has 0 bridgehead atoms. The number of nitro groups is 1. The molecule has 0 amide bonds. The molecule has 7 heteroatoms. The molecule has 1 unspecified atom stereocenters. The van der Waals surface area contributed by atoms with Crippen LogP contribution in [0.3, 0.4) is 0 Å². The molecule has 0 spiro atoms. The summed E-state index contributed by atoms with van der Waals surface area (Å²) in [7, 11) is 1.61. The average molecular weight is 317 g/mol. The third-order valence-electron chi connectivity index (χ3n) is 4.06. The number of nitrogens with two attached hydrogens (primary N) is 1. The summed E-state index contributed by atoms with van der Waals surface area (Å²) in [5, 5.41) is 11.3. The second kappa shape index (κ2) is 6.29. The fraction of sp³-hybridized carbons (Fsp3) is 0.375. The van der Waals surface area contributed by atoms with Crippen molar-refractivity contribution in [3.05, 3.63) is 52.0 Å². The number of hydrogen-bond acceptors (Lipinski definition) is 6. The highest BCUT2D eigenvalue weighted by molar-refractivity contribution is 5.69. The monoisotopic (exact) mass is 317 g/mol. The molecule has 1 saturated heterocycles. The molecular formula is C16H19N3O4. The third kappa shape index (κ3) is 3.00. The summed E-state index contributed by atoms with van der Waals surface area (Å²) in [4.78, 5) is 13.0. The fourth-order valence-corrected chi connectivity index (χ4v) is 3.07. The topological polar surface area (TPSA) is 94.8 Å². The number of anilines is 2. The van der Waals surface area contributed by atoms with E-state index in [9.17, 15) is 10.1 Å². The smallest absolute Gasteiger partial charge is 0.292 e. The van der Waals surface area contributed by atoms with Gasteiger partial charge in [0.05, 0.1) is 11.0 Å². The van der Waals surface area contributed by atoms with Crippen LogP contribution in [0.25, 0.3) is 0 Å². The Kier molecular flexibility index (Phi) is 4.20. The average Bonchev–Trinajstić information content (AvgIpc) is 3.15. The van der Waals surface area contributed by atoms with E-state index in [1.165, 1.54) is 6.07 Å². The highest BCUT2D eigenvalue weighted by Crippen LogP contribution is 2.41. The summed E-state index contributed by atoms with van der Waals surface area (Å²) >= 11 is 0. The lowest BCUT2D eigenvalue weighted by atomic mass is 10.1. The Bertz CT molecular complexity index is 713. The lowest BCUT2D eigenvalue weighted by molar-refractivity contribution is -0.384. The number of nitrogens with zero attached hydrogens (tertiary/aromatic N) is 2. The van der Waals surface area contributed by atoms with E-state index in [0.717, 1.165) is 30.9 Å². The molecule has 1 aliphatic rings. The van der Waals surface area contributed by atoms with E-state index in [2.05, 4.69) is 0 Å². The lowest BCUT2D eigenvalue weighted by Crippen LogP contribution is -2.23. The van der Waals surface area contributed by atoms with Crippen molar-refractivity contribution in [3.63, 3.8) is 0 Å². The van der Waals surface area contributed by atoms with Gasteiger partial charge in [-0.05, 0) is 37.1 Å². The molecule has 7 nitrogen and oxygen atoms in total. The summed E-state index contributed by atoms with van der Waals surface area (Å²) in [6, 6.07) is 8.43. The van der Waals surface area contributed by atoms with Crippen LogP contribution in [-0.4, -0.2) is 18.6 Å². The van der Waals surface area contributed by atoms with E-state index in [-0.39, 0.29) is 16.7 Å². The number of hydrogen-bond donors (Lipinski definition) is 1. The number of furan rings is 1. The van der Waals surface area contributed by atoms with Gasteiger partial charge in [-0.1, -0.05) is 0 Å². The van der Waals surface area contributed by atoms with Gasteiger partial charge in [0.15, 0.2) is 0 Å². The van der Waals surface area contributed by atoms with E-state index in [1.807, 2.05) is 17.0 Å². The van der Waals surface area contributed by atoms with E-state index in [0.29, 0.717) is 18.0 Å². The Hall–Kier alpha value is -2.54. The molecule has 1 fully saturated rings. The van der Waals surface area contributed by atoms with Crippen LogP contribution in [0.15, 0.2) is 34.7 Å². The van der Waals surface area contributed by atoms with E-state index >= 15 is 0 Å². The first-order chi connectivity index (χ1) is 11.1. The Morgan fingerprint density at radius 3 is 3.00 bits per heavy atom. The SMILES string of the molecule is COCc1ccc(C2CCCN2c2cc(N)ccc2[N+](=O)[O-])o1. The Balaban J connectivity index is 1.95. The van der Waals surface area contributed by atoms with Crippen molar-refractivity contribution in [1.29, 1.82) is 0 Å². The fourth-order valence-electron chi connectivity index (χ4n) is 3.07. The molecule has 3 rings (SSSR count). The van der Waals surface area contributed by atoms with Gasteiger partial charge >= 0.3 is 0 Å². The maximum atomic E-state index is 11.3. The number of methoxy groups -OCH3 is 1. The minimum atomic E-state index is -0.372. The lowest BCUT2D eigenvalue weighted by Gasteiger charge is -2.25. The van der Waals surface area contributed by atoms with Gasteiger partial charge < -0.3 is 19.8 Å². The molecule has 0 radical (unpaired) electrons. The van der Waals surface area contributed by atoms with Crippen LogP contribution in [0.1, 0.15) is 30.4 Å². The molecule has 0 aliphatic carbocycles. The van der Waals surface area contributed by atoms with Crippen molar-refractivity contribution < 1.29 is 14.1 Å². The van der Waals surface area contributed by atoms with Crippen molar-refractivity contribution >= 4 is 17.1 Å². The van der Waals surface area contributed by atoms with E-state index in [4.69, 9.17) is 14.9 Å². The number of rotatable bonds is 5. The largest absolute Gasteiger partial charge is 0.461 e. The summed E-state index contributed by atoms with van der Waals surface area (Å²) < 4.78 is 10.9. The number of nitro benzene ring substituents is 1. The van der Waals surface area contributed by atoms with E-state index < -0.39 is 0 Å². The second-order valence-corrected chi connectivity index (χ2v) is 5.59. The van der Waals surface area contributed by atoms with Gasteiger partial charge in [0, 0.05) is 25.4 Å². The predicted molar refractivity (Wildman–Crippen MR) is 86.3 cm³/mol. The highest BCUT2D eigenvalue weighted by Gasteiger charge is 2.32. The maximum Gasteiger partial charge on any atom is 0.292 e. The zero-order valence-electron chi connectivity index (χ0n) is 12.9. The van der Waals surface area contributed by atoms with Gasteiger partial charge in [-0.25, -0.2) is 0 Å². The standard InChI is InChI=1S/C16H19N3O4/c1-22-10-12-5-7-16(23-12)14-3-2-8-18(14)15-9-11(17)4-6-13(15)19(20)21/h4-7,9,14H,2-3,8,10,17H2,1H3. The quantitative estimate of drug-likeness (QED) is 0.516. The summed E-state index contributed by atoms with van der Waals surface area (Å²) in [5.41, 5.74) is 6.95. The molecule has 1 atom stereocenters. The minimum absolute atomic E-state index is 0.0268. The van der Waals surface area contributed by atoms with Crippen LogP contribution in [0, 0.1) is 10.1 Å². The molecule has 2 aromatic rings. The zero-order chi connectivity index (χ0) is 16.4. The summed E-state index contributed by atoms with van der Waals surface area (Å²) in [6.07, 6.45) is 1.82. The molecule has 23 heavy (non-hydrogen) atoms. The molecule has 2 N–H and O–H groups in total. The summed E-state index contributed by atoms with van der Waals surface area (Å²) in [5.74, 6) is 1.54. The van der Waals surface area contributed by atoms with Crippen LogP contribution in [0.5, 0.6) is 0 Å². The van der Waals surface area contributed by atoms with Gasteiger partial charge in [-0.2, -0.15) is 0 Å². The number of nitrogen functional groups attached to an aromatic ring is 1. The normalized spacial score (nSPS) is 17.6. The van der Waals surface area contributed by atoms with Crippen LogP contribution in [-0.2, 0) is 11.3 Å². The maximum absolute atomic E-state index is 11.3. The van der Waals surface area contributed by atoms with Crippen LogP contribution in [0.2, 0.25) is 0 Å². The van der Waals surface area contributed by atoms with Crippen molar-refractivity contribution in [2.45, 2.75) is 25.5 Å². The van der Waals surface area contributed by atoms with Gasteiger partial charge in [0.1, 0.15) is 23.8 Å². The zero-order valence-corrected chi connectivity index (χ0v) is 12.9. The number of benzene rings is 1. The molecule has 1 aliphatic heterocycles. The highest BCUT2D eigenvalue weighted by atomic mass is 16.6. The Morgan fingerprint density at radius 1 is 1.43 bits per heavy atom. The first-order valence-corrected chi connectivity index (χ1v) is 7.48. The van der Waals surface area contributed by atoms with Crippen molar-refractivity contribution in [2.24, 2.45) is 0 Å². The molecule has 1 aromatic carbocycles. The first-order valence-electron chi connectivity index (χ1n) is 7.48. The molecule has 2 heterocycles. The van der Waals surface area contributed by atoms with Crippen LogP contribution in [0.4, 0.5) is 17.1 Å². The van der Waals surface area contributed by atoms with Gasteiger partial charge in [-0.3, -0.25) is 10.1 Å². The van der Waals surface area contributed by atoms with E-state index in [1.54, 1.807) is 19.2 Å². The number of ether oxygens (including phenoxy) is 1. The second-order valence-electron chi connectivity index (χ2n) is 5.59. The van der Waals surface area contributed by atoms with Gasteiger partial charge in [-0.15, -0.1) is 0 Å². The first kappa shape index (κ1) is 15.4. The Labute approximate surface area is 133 Å². The molecule has 122 valence electrons. The predicted octanol–water partition coefficient (Wildman–Crippen LogP) is 3.26.